The predicted octanol–water partition coefficient (Wildman–Crippen LogP) is 1.53. The number of halogens is 1. The van der Waals surface area contributed by atoms with Crippen LogP contribution in [0.2, 0.25) is 0 Å². The summed E-state index contributed by atoms with van der Waals surface area (Å²) in [4.78, 5) is 3.82. The Kier molecular flexibility index (Phi) is 3.11. The van der Waals surface area contributed by atoms with E-state index in [4.69, 9.17) is 14.0 Å². The highest BCUT2D eigenvalue weighted by atomic mass is 19.1. The van der Waals surface area contributed by atoms with Gasteiger partial charge in [0.2, 0.25) is 0 Å². The molecule has 0 N–H and O–H groups in total. The zero-order valence-electron chi connectivity index (χ0n) is 11.3. The minimum Gasteiger partial charge on any atom is -0.494 e. The van der Waals surface area contributed by atoms with Gasteiger partial charge in [0.15, 0.2) is 11.6 Å². The molecule has 98 valence electrons. The molecule has 1 saturated heterocycles. The lowest BCUT2D eigenvalue weighted by molar-refractivity contribution is 0.00578. The molecule has 1 aliphatic heterocycles. The predicted molar refractivity (Wildman–Crippen MR) is 66.5 cm³/mol. The number of nitrogens with zero attached hydrogens (tertiary/aromatic N) is 1. The van der Waals surface area contributed by atoms with Crippen LogP contribution in [0.5, 0.6) is 5.75 Å². The van der Waals surface area contributed by atoms with Crippen LogP contribution in [0.3, 0.4) is 0 Å². The molecule has 0 unspecified atom stereocenters. The van der Waals surface area contributed by atoms with Gasteiger partial charge in [-0.3, -0.25) is 4.98 Å². The SMILES string of the molecule is COc1c(F)cncc1B1OC(C)(C)C(C)(C)O1. The second-order valence-electron chi connectivity index (χ2n) is 5.33. The summed E-state index contributed by atoms with van der Waals surface area (Å²) in [7, 11) is 0.737. The quantitative estimate of drug-likeness (QED) is 0.749. The number of rotatable bonds is 2. The summed E-state index contributed by atoms with van der Waals surface area (Å²) >= 11 is 0. The Balaban J connectivity index is 2.38. The fourth-order valence-electron chi connectivity index (χ4n) is 1.79. The maximum Gasteiger partial charge on any atom is 0.500 e. The topological polar surface area (TPSA) is 40.6 Å². The van der Waals surface area contributed by atoms with Gasteiger partial charge >= 0.3 is 7.12 Å². The van der Waals surface area contributed by atoms with Crippen molar-refractivity contribution in [2.75, 3.05) is 7.11 Å². The van der Waals surface area contributed by atoms with E-state index in [1.165, 1.54) is 13.3 Å². The van der Waals surface area contributed by atoms with Crippen molar-refractivity contribution >= 4 is 12.6 Å². The van der Waals surface area contributed by atoms with Gasteiger partial charge in [-0.05, 0) is 27.7 Å². The van der Waals surface area contributed by atoms with E-state index in [1.807, 2.05) is 27.7 Å². The van der Waals surface area contributed by atoms with Crippen molar-refractivity contribution in [3.63, 3.8) is 0 Å². The summed E-state index contributed by atoms with van der Waals surface area (Å²) in [5, 5.41) is 0. The monoisotopic (exact) mass is 253 g/mol. The molecule has 2 rings (SSSR count). The minimum absolute atomic E-state index is 0.114. The van der Waals surface area contributed by atoms with Crippen molar-refractivity contribution in [3.8, 4) is 5.75 Å². The molecule has 1 fully saturated rings. The Morgan fingerprint density at radius 2 is 1.72 bits per heavy atom. The molecule has 0 saturated carbocycles. The number of hydrogen-bond acceptors (Lipinski definition) is 4. The molecule has 2 heterocycles. The van der Waals surface area contributed by atoms with E-state index in [9.17, 15) is 4.39 Å². The molecule has 18 heavy (non-hydrogen) atoms. The second-order valence-corrected chi connectivity index (χ2v) is 5.33. The van der Waals surface area contributed by atoms with Crippen molar-refractivity contribution in [1.29, 1.82) is 0 Å². The van der Waals surface area contributed by atoms with Crippen LogP contribution in [0, 0.1) is 5.82 Å². The van der Waals surface area contributed by atoms with Crippen LogP contribution in [-0.2, 0) is 9.31 Å². The van der Waals surface area contributed by atoms with Crippen molar-refractivity contribution < 1.29 is 18.4 Å². The highest BCUT2D eigenvalue weighted by Gasteiger charge is 2.52. The Labute approximate surface area is 107 Å². The van der Waals surface area contributed by atoms with Gasteiger partial charge in [-0.1, -0.05) is 0 Å². The van der Waals surface area contributed by atoms with Gasteiger partial charge in [0.1, 0.15) is 0 Å². The lowest BCUT2D eigenvalue weighted by Gasteiger charge is -2.32. The number of methoxy groups -OCH3 is 1. The third kappa shape index (κ3) is 1.99. The normalized spacial score (nSPS) is 21.1. The second kappa shape index (κ2) is 4.21. The molecule has 1 aromatic heterocycles. The first-order chi connectivity index (χ1) is 8.28. The lowest BCUT2D eigenvalue weighted by Crippen LogP contribution is -2.41. The average Bonchev–Trinajstić information content (AvgIpc) is 2.47. The van der Waals surface area contributed by atoms with Crippen LogP contribution in [0.25, 0.3) is 0 Å². The summed E-state index contributed by atoms with van der Waals surface area (Å²) in [6.07, 6.45) is 2.61. The van der Waals surface area contributed by atoms with E-state index in [0.29, 0.717) is 5.46 Å². The van der Waals surface area contributed by atoms with Crippen LogP contribution in [-0.4, -0.2) is 30.4 Å². The number of pyridine rings is 1. The van der Waals surface area contributed by atoms with E-state index >= 15 is 0 Å². The van der Waals surface area contributed by atoms with E-state index in [2.05, 4.69) is 4.98 Å². The van der Waals surface area contributed by atoms with Gasteiger partial charge in [0.05, 0.1) is 24.5 Å². The molecule has 0 aromatic carbocycles. The number of aromatic nitrogens is 1. The fourth-order valence-corrected chi connectivity index (χ4v) is 1.79. The van der Waals surface area contributed by atoms with Crippen molar-refractivity contribution in [3.05, 3.63) is 18.2 Å². The summed E-state index contributed by atoms with van der Waals surface area (Å²) in [5.74, 6) is -0.409. The fraction of sp³-hybridized carbons (Fsp3) is 0.583. The summed E-state index contributed by atoms with van der Waals surface area (Å²) in [5.41, 5.74) is -0.486. The summed E-state index contributed by atoms with van der Waals surface area (Å²) in [6.45, 7) is 7.75. The van der Waals surface area contributed by atoms with Gasteiger partial charge in [0, 0.05) is 11.7 Å². The van der Waals surface area contributed by atoms with Gasteiger partial charge in [-0.15, -0.1) is 0 Å². The summed E-state index contributed by atoms with van der Waals surface area (Å²) in [6, 6.07) is 0. The van der Waals surface area contributed by atoms with Crippen molar-refractivity contribution in [1.82, 2.24) is 4.98 Å². The van der Waals surface area contributed by atoms with Crippen LogP contribution in [0.4, 0.5) is 4.39 Å². The van der Waals surface area contributed by atoms with Crippen LogP contribution in [0.15, 0.2) is 12.4 Å². The van der Waals surface area contributed by atoms with E-state index in [1.54, 1.807) is 0 Å². The molecule has 4 nitrogen and oxygen atoms in total. The van der Waals surface area contributed by atoms with Crippen molar-refractivity contribution in [2.45, 2.75) is 38.9 Å². The van der Waals surface area contributed by atoms with Crippen LogP contribution >= 0.6 is 0 Å². The number of hydrogen-bond donors (Lipinski definition) is 0. The molecule has 6 heteroatoms. The lowest BCUT2D eigenvalue weighted by atomic mass is 9.79. The summed E-state index contributed by atoms with van der Waals surface area (Å²) < 4.78 is 30.3. The third-order valence-electron chi connectivity index (χ3n) is 3.59. The molecule has 0 atom stereocenters. The largest absolute Gasteiger partial charge is 0.500 e. The van der Waals surface area contributed by atoms with Gasteiger partial charge < -0.3 is 14.0 Å². The zero-order valence-corrected chi connectivity index (χ0v) is 11.3. The Morgan fingerprint density at radius 1 is 1.17 bits per heavy atom. The van der Waals surface area contributed by atoms with E-state index < -0.39 is 24.1 Å². The maximum atomic E-state index is 13.6. The average molecular weight is 253 g/mol. The standard InChI is InChI=1S/C12H17BFNO3/c1-11(2)12(3,4)18-13(17-11)8-6-15-7-9(14)10(8)16-5/h6-7H,1-5H3. The highest BCUT2D eigenvalue weighted by Crippen LogP contribution is 2.37. The first-order valence-electron chi connectivity index (χ1n) is 5.81. The molecule has 0 amide bonds. The van der Waals surface area contributed by atoms with Crippen LogP contribution < -0.4 is 10.2 Å². The maximum absolute atomic E-state index is 13.6. The minimum atomic E-state index is -0.673. The smallest absolute Gasteiger partial charge is 0.494 e. The molecular formula is C12H17BFNO3. The van der Waals surface area contributed by atoms with E-state index in [0.717, 1.165) is 6.20 Å². The molecule has 0 spiro atoms. The Hall–Kier alpha value is -1.14. The molecule has 0 radical (unpaired) electrons. The molecule has 0 bridgehead atoms. The highest BCUT2D eigenvalue weighted by molar-refractivity contribution is 6.63. The Morgan fingerprint density at radius 3 is 2.22 bits per heavy atom. The first kappa shape index (κ1) is 13.3. The molecular weight excluding hydrogens is 236 g/mol. The third-order valence-corrected chi connectivity index (χ3v) is 3.59. The van der Waals surface area contributed by atoms with Crippen molar-refractivity contribution in [2.24, 2.45) is 0 Å². The number of ether oxygens (including phenoxy) is 1. The first-order valence-corrected chi connectivity index (χ1v) is 5.81. The van der Waals surface area contributed by atoms with Gasteiger partial charge in [-0.25, -0.2) is 4.39 Å². The molecule has 0 aliphatic carbocycles. The van der Waals surface area contributed by atoms with E-state index in [-0.39, 0.29) is 5.75 Å². The van der Waals surface area contributed by atoms with Gasteiger partial charge in [-0.2, -0.15) is 0 Å². The molecule has 1 aromatic rings. The van der Waals surface area contributed by atoms with Gasteiger partial charge in [0.25, 0.3) is 0 Å². The van der Waals surface area contributed by atoms with Crippen LogP contribution in [0.1, 0.15) is 27.7 Å². The zero-order chi connectivity index (χ0) is 13.6. The molecule has 1 aliphatic rings. The Bertz CT molecular complexity index is 449.